The Labute approximate surface area is 92.8 Å². The Hall–Kier alpha value is -0.260. The Kier molecular flexibility index (Phi) is 9.13. The number of rotatable bonds is 8. The molecular formula is C11H21ClN2. The van der Waals surface area contributed by atoms with Crippen LogP contribution in [0.15, 0.2) is 0 Å². The zero-order chi connectivity index (χ0) is 10.8. The molecule has 1 atom stereocenters. The predicted octanol–water partition coefficient (Wildman–Crippen LogP) is 2.88. The van der Waals surface area contributed by atoms with Crippen molar-refractivity contribution < 1.29 is 0 Å². The molecule has 0 rings (SSSR count). The van der Waals surface area contributed by atoms with E-state index in [-0.39, 0.29) is 5.92 Å². The van der Waals surface area contributed by atoms with Gasteiger partial charge < -0.3 is 4.90 Å². The summed E-state index contributed by atoms with van der Waals surface area (Å²) in [6, 6.07) is 2.27. The molecule has 0 amide bonds. The summed E-state index contributed by atoms with van der Waals surface area (Å²) < 4.78 is 0. The third-order valence-corrected chi connectivity index (χ3v) is 2.57. The van der Waals surface area contributed by atoms with E-state index in [0.29, 0.717) is 0 Å². The van der Waals surface area contributed by atoms with Gasteiger partial charge in [-0.05, 0) is 32.9 Å². The molecule has 3 heteroatoms. The average molecular weight is 217 g/mol. The molecule has 0 saturated heterocycles. The van der Waals surface area contributed by atoms with Gasteiger partial charge in [0.1, 0.15) is 0 Å². The van der Waals surface area contributed by atoms with Crippen LogP contribution < -0.4 is 0 Å². The first-order chi connectivity index (χ1) is 6.74. The molecule has 0 fully saturated rings. The van der Waals surface area contributed by atoms with Crippen LogP contribution in [-0.4, -0.2) is 30.4 Å². The normalized spacial score (nSPS) is 12.8. The number of unbranched alkanes of at least 4 members (excludes halogenated alkanes) is 2. The Morgan fingerprint density at radius 1 is 1.36 bits per heavy atom. The minimum atomic E-state index is 0.142. The molecule has 0 aliphatic heterocycles. The molecule has 0 aliphatic carbocycles. The maximum atomic E-state index is 8.69. The molecule has 0 saturated carbocycles. The first-order valence-electron chi connectivity index (χ1n) is 5.42. The van der Waals surface area contributed by atoms with Crippen molar-refractivity contribution in [2.75, 3.05) is 25.5 Å². The summed E-state index contributed by atoms with van der Waals surface area (Å²) in [6.45, 7) is 7.15. The van der Waals surface area contributed by atoms with E-state index < -0.39 is 0 Å². The molecule has 0 bridgehead atoms. The smallest absolute Gasteiger partial charge is 0.0666 e. The van der Waals surface area contributed by atoms with Crippen LogP contribution in [0.3, 0.4) is 0 Å². The van der Waals surface area contributed by atoms with E-state index in [4.69, 9.17) is 16.9 Å². The Morgan fingerprint density at radius 3 is 2.57 bits per heavy atom. The minimum Gasteiger partial charge on any atom is -0.302 e. The zero-order valence-corrected chi connectivity index (χ0v) is 10.1. The summed E-state index contributed by atoms with van der Waals surface area (Å²) in [5.74, 6) is 0.906. The molecular weight excluding hydrogens is 196 g/mol. The first kappa shape index (κ1) is 13.7. The topological polar surface area (TPSA) is 27.0 Å². The molecule has 0 N–H and O–H groups in total. The van der Waals surface area contributed by atoms with Crippen molar-refractivity contribution in [2.45, 2.75) is 33.1 Å². The van der Waals surface area contributed by atoms with Crippen LogP contribution in [0.5, 0.6) is 0 Å². The first-order valence-corrected chi connectivity index (χ1v) is 5.96. The van der Waals surface area contributed by atoms with Crippen LogP contribution in [0.1, 0.15) is 33.1 Å². The van der Waals surface area contributed by atoms with Gasteiger partial charge in [-0.3, -0.25) is 0 Å². The summed E-state index contributed by atoms with van der Waals surface area (Å²) in [7, 11) is 0. The van der Waals surface area contributed by atoms with Crippen molar-refractivity contribution in [3.8, 4) is 6.07 Å². The molecule has 82 valence electrons. The number of hydrogen-bond acceptors (Lipinski definition) is 2. The summed E-state index contributed by atoms with van der Waals surface area (Å²) in [6.07, 6.45) is 3.49. The highest BCUT2D eigenvalue weighted by atomic mass is 35.5. The highest BCUT2D eigenvalue weighted by molar-refractivity contribution is 6.17. The number of hydrogen-bond donors (Lipinski definition) is 0. The number of nitriles is 1. The summed E-state index contributed by atoms with van der Waals surface area (Å²) in [5.41, 5.74) is 0. The number of halogens is 1. The minimum absolute atomic E-state index is 0.142. The molecule has 0 radical (unpaired) electrons. The molecule has 0 heterocycles. The van der Waals surface area contributed by atoms with Crippen molar-refractivity contribution in [3.63, 3.8) is 0 Å². The lowest BCUT2D eigenvalue weighted by atomic mass is 10.2. The van der Waals surface area contributed by atoms with Gasteiger partial charge in [-0.2, -0.15) is 5.26 Å². The van der Waals surface area contributed by atoms with Crippen LogP contribution >= 0.6 is 11.6 Å². The molecule has 0 aromatic rings. The third-order valence-electron chi connectivity index (χ3n) is 2.31. The van der Waals surface area contributed by atoms with E-state index in [9.17, 15) is 0 Å². The second-order valence-corrected chi connectivity index (χ2v) is 4.05. The van der Waals surface area contributed by atoms with Gasteiger partial charge in [0.25, 0.3) is 0 Å². The largest absolute Gasteiger partial charge is 0.302 e. The van der Waals surface area contributed by atoms with Crippen molar-refractivity contribution in [1.82, 2.24) is 4.90 Å². The van der Waals surface area contributed by atoms with Crippen molar-refractivity contribution in [2.24, 2.45) is 5.92 Å². The van der Waals surface area contributed by atoms with Gasteiger partial charge in [-0.1, -0.05) is 13.3 Å². The maximum absolute atomic E-state index is 8.69. The summed E-state index contributed by atoms with van der Waals surface area (Å²) in [4.78, 5) is 2.34. The third kappa shape index (κ3) is 7.17. The summed E-state index contributed by atoms with van der Waals surface area (Å²) in [5, 5.41) is 8.69. The van der Waals surface area contributed by atoms with Crippen molar-refractivity contribution in [3.05, 3.63) is 0 Å². The van der Waals surface area contributed by atoms with Crippen LogP contribution in [0, 0.1) is 17.2 Å². The van der Waals surface area contributed by atoms with Crippen LogP contribution in [0.25, 0.3) is 0 Å². The molecule has 0 aromatic carbocycles. The quantitative estimate of drug-likeness (QED) is 0.461. The SMILES string of the molecule is CCN(CCCCCCl)CC(C)C#N. The van der Waals surface area contributed by atoms with E-state index in [1.807, 2.05) is 6.92 Å². The van der Waals surface area contributed by atoms with E-state index in [1.165, 1.54) is 12.8 Å². The molecule has 0 spiro atoms. The average Bonchev–Trinajstić information content (AvgIpc) is 2.22. The number of nitrogens with zero attached hydrogens (tertiary/aromatic N) is 2. The van der Waals surface area contributed by atoms with Crippen LogP contribution in [-0.2, 0) is 0 Å². The predicted molar refractivity (Wildman–Crippen MR) is 61.5 cm³/mol. The fourth-order valence-electron chi connectivity index (χ4n) is 1.41. The fraction of sp³-hybridized carbons (Fsp3) is 0.909. The molecule has 0 aromatic heterocycles. The zero-order valence-electron chi connectivity index (χ0n) is 9.30. The van der Waals surface area contributed by atoms with Gasteiger partial charge in [0.15, 0.2) is 0 Å². The number of alkyl halides is 1. The molecule has 14 heavy (non-hydrogen) atoms. The maximum Gasteiger partial charge on any atom is 0.0666 e. The van der Waals surface area contributed by atoms with Crippen LogP contribution in [0.2, 0.25) is 0 Å². The van der Waals surface area contributed by atoms with E-state index in [2.05, 4.69) is 17.9 Å². The van der Waals surface area contributed by atoms with Crippen molar-refractivity contribution >= 4 is 11.6 Å². The Balaban J connectivity index is 3.54. The standard InChI is InChI=1S/C11H21ClN2/c1-3-14(10-11(2)9-13)8-6-4-5-7-12/h11H,3-8,10H2,1-2H3. The van der Waals surface area contributed by atoms with Gasteiger partial charge >= 0.3 is 0 Å². The fourth-order valence-corrected chi connectivity index (χ4v) is 1.60. The van der Waals surface area contributed by atoms with Crippen molar-refractivity contribution in [1.29, 1.82) is 5.26 Å². The van der Waals surface area contributed by atoms with Gasteiger partial charge in [0.05, 0.1) is 12.0 Å². The molecule has 1 unspecified atom stereocenters. The Bertz CT molecular complexity index is 165. The van der Waals surface area contributed by atoms with Gasteiger partial charge in [0.2, 0.25) is 0 Å². The van der Waals surface area contributed by atoms with Gasteiger partial charge in [-0.15, -0.1) is 11.6 Å². The van der Waals surface area contributed by atoms with Gasteiger partial charge in [-0.25, -0.2) is 0 Å². The van der Waals surface area contributed by atoms with Crippen LogP contribution in [0.4, 0.5) is 0 Å². The highest BCUT2D eigenvalue weighted by Gasteiger charge is 2.06. The monoisotopic (exact) mass is 216 g/mol. The molecule has 0 aliphatic rings. The second-order valence-electron chi connectivity index (χ2n) is 3.67. The van der Waals surface area contributed by atoms with Gasteiger partial charge in [0, 0.05) is 12.4 Å². The van der Waals surface area contributed by atoms with E-state index in [0.717, 1.165) is 31.9 Å². The van der Waals surface area contributed by atoms with E-state index >= 15 is 0 Å². The second kappa shape index (κ2) is 9.30. The Morgan fingerprint density at radius 2 is 2.07 bits per heavy atom. The lowest BCUT2D eigenvalue weighted by Crippen LogP contribution is -2.29. The van der Waals surface area contributed by atoms with E-state index in [1.54, 1.807) is 0 Å². The highest BCUT2D eigenvalue weighted by Crippen LogP contribution is 2.03. The lowest BCUT2D eigenvalue weighted by Gasteiger charge is -2.21. The lowest BCUT2D eigenvalue weighted by molar-refractivity contribution is 0.263. The summed E-state index contributed by atoms with van der Waals surface area (Å²) >= 11 is 5.60. The molecule has 2 nitrogen and oxygen atoms in total.